The van der Waals surface area contributed by atoms with Gasteiger partial charge in [-0.15, -0.1) is 0 Å². The van der Waals surface area contributed by atoms with E-state index in [-0.39, 0.29) is 11.9 Å². The summed E-state index contributed by atoms with van der Waals surface area (Å²) >= 11 is 0. The number of rotatable bonds is 2. The van der Waals surface area contributed by atoms with Gasteiger partial charge < -0.3 is 10.0 Å². The van der Waals surface area contributed by atoms with Crippen LogP contribution in [0, 0.1) is 0 Å². The predicted octanol–water partition coefficient (Wildman–Crippen LogP) is 2.57. The van der Waals surface area contributed by atoms with Crippen molar-refractivity contribution in [3.05, 3.63) is 29.8 Å². The summed E-state index contributed by atoms with van der Waals surface area (Å²) in [5, 5.41) is 10.3. The lowest BCUT2D eigenvalue weighted by atomic mass is 9.75. The highest BCUT2D eigenvalue weighted by Crippen LogP contribution is 2.41. The zero-order valence-electron chi connectivity index (χ0n) is 10.7. The Balaban J connectivity index is 1.85. The number of carbonyl (C=O) groups is 1. The van der Waals surface area contributed by atoms with Gasteiger partial charge in [-0.25, -0.2) is 0 Å². The van der Waals surface area contributed by atoms with E-state index in [1.54, 1.807) is 0 Å². The van der Waals surface area contributed by atoms with Gasteiger partial charge in [0.25, 0.3) is 0 Å². The molecule has 2 fully saturated rings. The number of nitrogens with zero attached hydrogens (tertiary/aromatic N) is 1. The Morgan fingerprint density at radius 3 is 2.39 bits per heavy atom. The van der Waals surface area contributed by atoms with E-state index >= 15 is 0 Å². The summed E-state index contributed by atoms with van der Waals surface area (Å²) in [5.74, 6) is 0.206. The van der Waals surface area contributed by atoms with Crippen LogP contribution in [0.15, 0.2) is 24.3 Å². The summed E-state index contributed by atoms with van der Waals surface area (Å²) in [4.78, 5) is 13.7. The van der Waals surface area contributed by atoms with Gasteiger partial charge in [-0.2, -0.15) is 0 Å². The van der Waals surface area contributed by atoms with Crippen LogP contribution in [-0.4, -0.2) is 17.1 Å². The smallest absolute Gasteiger partial charge is 0.227 e. The normalized spacial score (nSPS) is 26.2. The Labute approximate surface area is 107 Å². The van der Waals surface area contributed by atoms with Crippen LogP contribution in [-0.2, 0) is 10.4 Å². The number of amides is 1. The number of carbonyl (C=O) groups excluding carboxylic acids is 1. The minimum Gasteiger partial charge on any atom is -0.385 e. The van der Waals surface area contributed by atoms with E-state index < -0.39 is 5.60 Å². The van der Waals surface area contributed by atoms with Gasteiger partial charge in [-0.05, 0) is 50.3 Å². The van der Waals surface area contributed by atoms with E-state index in [0.29, 0.717) is 6.42 Å². The predicted molar refractivity (Wildman–Crippen MR) is 70.4 cm³/mol. The van der Waals surface area contributed by atoms with Gasteiger partial charge in [0.05, 0.1) is 5.60 Å². The zero-order chi connectivity index (χ0) is 12.8. The third-order valence-electron chi connectivity index (χ3n) is 4.35. The Morgan fingerprint density at radius 1 is 1.28 bits per heavy atom. The van der Waals surface area contributed by atoms with Crippen molar-refractivity contribution >= 4 is 11.6 Å². The first-order valence-corrected chi connectivity index (χ1v) is 6.75. The zero-order valence-corrected chi connectivity index (χ0v) is 10.7. The Hall–Kier alpha value is -1.35. The topological polar surface area (TPSA) is 40.5 Å². The molecule has 96 valence electrons. The summed E-state index contributed by atoms with van der Waals surface area (Å²) < 4.78 is 0. The number of hydrogen-bond acceptors (Lipinski definition) is 2. The van der Waals surface area contributed by atoms with Crippen molar-refractivity contribution in [2.45, 2.75) is 50.7 Å². The van der Waals surface area contributed by atoms with E-state index in [4.69, 9.17) is 0 Å². The lowest BCUT2D eigenvalue weighted by Crippen LogP contribution is -2.34. The fourth-order valence-electron chi connectivity index (χ4n) is 2.96. The summed E-state index contributed by atoms with van der Waals surface area (Å²) in [5.41, 5.74) is 1.33. The number of anilines is 1. The molecule has 0 radical (unpaired) electrons. The molecule has 0 bridgehead atoms. The molecule has 1 aliphatic heterocycles. The van der Waals surface area contributed by atoms with Crippen LogP contribution in [0.1, 0.15) is 44.6 Å². The van der Waals surface area contributed by atoms with Crippen molar-refractivity contribution in [1.82, 2.24) is 0 Å². The van der Waals surface area contributed by atoms with Crippen LogP contribution in [0.25, 0.3) is 0 Å². The molecule has 18 heavy (non-hydrogen) atoms. The monoisotopic (exact) mass is 245 g/mol. The van der Waals surface area contributed by atoms with Crippen LogP contribution >= 0.6 is 0 Å². The van der Waals surface area contributed by atoms with Crippen molar-refractivity contribution < 1.29 is 9.90 Å². The maximum Gasteiger partial charge on any atom is 0.227 e. The van der Waals surface area contributed by atoms with Crippen molar-refractivity contribution in [2.24, 2.45) is 0 Å². The standard InChI is InChI=1S/C15H19NO2/c1-11-3-8-14(17)16(11)13-6-4-12(5-7-13)15(18)9-2-10-15/h4-7,11,18H,2-3,8-10H2,1H3/t11-/m1/s1. The van der Waals surface area contributed by atoms with E-state index in [1.807, 2.05) is 29.2 Å². The molecule has 1 heterocycles. The van der Waals surface area contributed by atoms with Gasteiger partial charge in [0.2, 0.25) is 5.91 Å². The van der Waals surface area contributed by atoms with Crippen LogP contribution in [0.5, 0.6) is 0 Å². The highest BCUT2D eigenvalue weighted by Gasteiger charge is 2.36. The molecule has 0 unspecified atom stereocenters. The summed E-state index contributed by atoms with van der Waals surface area (Å²) in [6, 6.07) is 8.14. The first kappa shape index (κ1) is 11.7. The van der Waals surface area contributed by atoms with Crippen molar-refractivity contribution in [1.29, 1.82) is 0 Å². The third kappa shape index (κ3) is 1.74. The van der Waals surface area contributed by atoms with E-state index in [0.717, 1.165) is 36.9 Å². The molecular formula is C15H19NO2. The molecule has 1 atom stereocenters. The fourth-order valence-corrected chi connectivity index (χ4v) is 2.96. The summed E-state index contributed by atoms with van der Waals surface area (Å²) in [6.07, 6.45) is 4.38. The van der Waals surface area contributed by atoms with Crippen LogP contribution in [0.4, 0.5) is 5.69 Å². The first-order chi connectivity index (χ1) is 8.60. The average molecular weight is 245 g/mol. The van der Waals surface area contributed by atoms with Crippen molar-refractivity contribution in [3.63, 3.8) is 0 Å². The molecule has 1 aromatic carbocycles. The third-order valence-corrected chi connectivity index (χ3v) is 4.35. The lowest BCUT2D eigenvalue weighted by Gasteiger charge is -2.37. The quantitative estimate of drug-likeness (QED) is 0.870. The second-order valence-electron chi connectivity index (χ2n) is 5.58. The molecule has 3 nitrogen and oxygen atoms in total. The largest absolute Gasteiger partial charge is 0.385 e. The van der Waals surface area contributed by atoms with E-state index in [9.17, 15) is 9.90 Å². The van der Waals surface area contributed by atoms with Gasteiger partial charge in [0.15, 0.2) is 0 Å². The Bertz CT molecular complexity index is 462. The van der Waals surface area contributed by atoms with Crippen LogP contribution < -0.4 is 4.90 Å². The number of aliphatic hydroxyl groups is 1. The van der Waals surface area contributed by atoms with E-state index in [1.165, 1.54) is 0 Å². The van der Waals surface area contributed by atoms with Crippen LogP contribution in [0.2, 0.25) is 0 Å². The summed E-state index contributed by atoms with van der Waals surface area (Å²) in [6.45, 7) is 2.08. The van der Waals surface area contributed by atoms with Gasteiger partial charge >= 0.3 is 0 Å². The second-order valence-corrected chi connectivity index (χ2v) is 5.58. The molecule has 3 rings (SSSR count). The molecule has 1 saturated heterocycles. The van der Waals surface area contributed by atoms with Crippen molar-refractivity contribution in [3.8, 4) is 0 Å². The maximum absolute atomic E-state index is 11.8. The van der Waals surface area contributed by atoms with Gasteiger partial charge in [0, 0.05) is 18.2 Å². The minimum absolute atomic E-state index is 0.206. The molecule has 0 spiro atoms. The van der Waals surface area contributed by atoms with E-state index in [2.05, 4.69) is 6.92 Å². The van der Waals surface area contributed by atoms with Gasteiger partial charge in [0.1, 0.15) is 0 Å². The molecule has 1 saturated carbocycles. The number of benzene rings is 1. The molecule has 1 aromatic rings. The highest BCUT2D eigenvalue weighted by molar-refractivity contribution is 5.96. The van der Waals surface area contributed by atoms with Crippen molar-refractivity contribution in [2.75, 3.05) is 4.90 Å². The second kappa shape index (κ2) is 4.09. The molecule has 0 aromatic heterocycles. The molecule has 1 N–H and O–H groups in total. The van der Waals surface area contributed by atoms with Gasteiger partial charge in [-0.3, -0.25) is 4.79 Å². The molecule has 2 aliphatic rings. The lowest BCUT2D eigenvalue weighted by molar-refractivity contribution is -0.117. The molecular weight excluding hydrogens is 226 g/mol. The first-order valence-electron chi connectivity index (χ1n) is 6.75. The minimum atomic E-state index is -0.612. The maximum atomic E-state index is 11.8. The van der Waals surface area contributed by atoms with Crippen LogP contribution in [0.3, 0.4) is 0 Å². The number of hydrogen-bond donors (Lipinski definition) is 1. The Kier molecular flexibility index (Phi) is 2.67. The highest BCUT2D eigenvalue weighted by atomic mass is 16.3. The molecule has 1 aliphatic carbocycles. The average Bonchev–Trinajstić information content (AvgIpc) is 2.66. The van der Waals surface area contributed by atoms with Gasteiger partial charge in [-0.1, -0.05) is 12.1 Å². The summed E-state index contributed by atoms with van der Waals surface area (Å²) in [7, 11) is 0. The Morgan fingerprint density at radius 2 is 1.94 bits per heavy atom. The SMILES string of the molecule is C[C@@H]1CCC(=O)N1c1ccc(C2(O)CCC2)cc1. The molecule has 3 heteroatoms. The molecule has 1 amide bonds. The fraction of sp³-hybridized carbons (Fsp3) is 0.533.